The van der Waals surface area contributed by atoms with E-state index in [1.54, 1.807) is 18.3 Å². The molecule has 1 amide bonds. The summed E-state index contributed by atoms with van der Waals surface area (Å²) in [6.07, 6.45) is 3.86. The van der Waals surface area contributed by atoms with Gasteiger partial charge in [0.15, 0.2) is 5.78 Å². The Kier molecular flexibility index (Phi) is 7.61. The Hall–Kier alpha value is -3.75. The van der Waals surface area contributed by atoms with Crippen LogP contribution < -0.4 is 10.2 Å². The van der Waals surface area contributed by atoms with Gasteiger partial charge < -0.3 is 15.0 Å². The second-order valence-corrected chi connectivity index (χ2v) is 10.4. The van der Waals surface area contributed by atoms with E-state index < -0.39 is 5.91 Å². The Balaban J connectivity index is 1.58. The number of piperidine rings is 1. The average molecular weight is 509 g/mol. The monoisotopic (exact) mass is 508 g/mol. The highest BCUT2D eigenvalue weighted by atomic mass is 19.1. The lowest BCUT2D eigenvalue weighted by Gasteiger charge is -2.39. The van der Waals surface area contributed by atoms with Crippen LogP contribution in [0.1, 0.15) is 53.9 Å². The number of benzene rings is 1. The number of carbonyl (C=O) groups is 3. The Labute approximate surface area is 215 Å². The van der Waals surface area contributed by atoms with Crippen LogP contribution in [0.5, 0.6) is 0 Å². The SMILES string of the molecule is COC(=O)Cc1c(C)cc2nc(C(=O)NCC(=O)Cc3ccc(F)cc3)cn2c1N1CCC(C)(C)CC1. The Morgan fingerprint density at radius 1 is 1.11 bits per heavy atom. The van der Waals surface area contributed by atoms with E-state index in [1.165, 1.54) is 19.2 Å². The van der Waals surface area contributed by atoms with E-state index in [0.29, 0.717) is 11.2 Å². The molecule has 37 heavy (non-hydrogen) atoms. The molecule has 0 unspecified atom stereocenters. The molecule has 0 aliphatic carbocycles. The highest BCUT2D eigenvalue weighted by molar-refractivity contribution is 5.96. The van der Waals surface area contributed by atoms with Gasteiger partial charge in [0.25, 0.3) is 5.91 Å². The van der Waals surface area contributed by atoms with Crippen molar-refractivity contribution in [2.75, 3.05) is 31.6 Å². The molecule has 0 atom stereocenters. The standard InChI is InChI=1S/C28H33FN4O4/c1-18-13-24-31-23(26(36)30-16-21(34)14-19-5-7-20(29)8-6-19)17-33(24)27(22(18)15-25(35)37-4)32-11-9-28(2,3)10-12-32/h5-8,13,17H,9-12,14-16H2,1-4H3,(H,30,36). The summed E-state index contributed by atoms with van der Waals surface area (Å²) in [4.78, 5) is 44.3. The van der Waals surface area contributed by atoms with Crippen molar-refractivity contribution in [3.8, 4) is 0 Å². The fourth-order valence-corrected chi connectivity index (χ4v) is 4.64. The molecule has 0 spiro atoms. The number of fused-ring (bicyclic) bond motifs is 1. The van der Waals surface area contributed by atoms with Crippen LogP contribution >= 0.6 is 0 Å². The summed E-state index contributed by atoms with van der Waals surface area (Å²) in [6.45, 7) is 7.91. The summed E-state index contributed by atoms with van der Waals surface area (Å²) < 4.78 is 19.9. The number of hydrogen-bond donors (Lipinski definition) is 1. The maximum absolute atomic E-state index is 13.1. The van der Waals surface area contributed by atoms with Gasteiger partial charge in [-0.05, 0) is 54.5 Å². The summed E-state index contributed by atoms with van der Waals surface area (Å²) in [5.74, 6) is -0.520. The van der Waals surface area contributed by atoms with Crippen molar-refractivity contribution in [1.82, 2.24) is 14.7 Å². The molecule has 2 aromatic heterocycles. The third-order valence-corrected chi connectivity index (χ3v) is 7.01. The lowest BCUT2D eigenvalue weighted by Crippen LogP contribution is -2.39. The number of nitrogens with one attached hydrogen (secondary N) is 1. The van der Waals surface area contributed by atoms with Gasteiger partial charge in [0.1, 0.15) is 23.0 Å². The predicted molar refractivity (Wildman–Crippen MR) is 138 cm³/mol. The number of nitrogens with zero attached hydrogens (tertiary/aromatic N) is 3. The number of hydrogen-bond acceptors (Lipinski definition) is 6. The molecule has 8 nitrogen and oxygen atoms in total. The number of amides is 1. The number of aromatic nitrogens is 2. The zero-order chi connectivity index (χ0) is 26.7. The van der Waals surface area contributed by atoms with Crippen molar-refractivity contribution in [3.63, 3.8) is 0 Å². The van der Waals surface area contributed by atoms with Crippen LogP contribution in [0.2, 0.25) is 0 Å². The lowest BCUT2D eigenvalue weighted by molar-refractivity contribution is -0.139. The third-order valence-electron chi connectivity index (χ3n) is 7.01. The second-order valence-electron chi connectivity index (χ2n) is 10.4. The van der Waals surface area contributed by atoms with E-state index in [0.717, 1.165) is 42.9 Å². The highest BCUT2D eigenvalue weighted by Gasteiger charge is 2.29. The first-order valence-corrected chi connectivity index (χ1v) is 12.4. The number of Topliss-reactive ketones (excluding diaryl/α,β-unsaturated/α-hetero) is 1. The number of pyridine rings is 1. The molecule has 1 saturated heterocycles. The number of methoxy groups -OCH3 is 1. The van der Waals surface area contributed by atoms with E-state index in [4.69, 9.17) is 4.74 Å². The Morgan fingerprint density at radius 2 is 1.78 bits per heavy atom. The van der Waals surface area contributed by atoms with Crippen LogP contribution in [-0.4, -0.2) is 53.8 Å². The van der Waals surface area contributed by atoms with Crippen LogP contribution in [0.3, 0.4) is 0 Å². The second kappa shape index (κ2) is 10.7. The smallest absolute Gasteiger partial charge is 0.310 e. The minimum atomic E-state index is -0.464. The van der Waals surface area contributed by atoms with Crippen molar-refractivity contribution in [1.29, 1.82) is 0 Å². The number of anilines is 1. The summed E-state index contributed by atoms with van der Waals surface area (Å²) >= 11 is 0. The van der Waals surface area contributed by atoms with E-state index in [1.807, 2.05) is 17.4 Å². The van der Waals surface area contributed by atoms with Gasteiger partial charge in [0.05, 0.1) is 20.1 Å². The number of rotatable bonds is 8. The first-order valence-electron chi connectivity index (χ1n) is 12.4. The summed E-state index contributed by atoms with van der Waals surface area (Å²) in [6, 6.07) is 7.56. The van der Waals surface area contributed by atoms with Crippen LogP contribution in [0, 0.1) is 18.2 Å². The maximum atomic E-state index is 13.1. The first kappa shape index (κ1) is 26.3. The van der Waals surface area contributed by atoms with Gasteiger partial charge in [-0.2, -0.15) is 0 Å². The van der Waals surface area contributed by atoms with E-state index in [9.17, 15) is 18.8 Å². The molecule has 0 radical (unpaired) electrons. The predicted octanol–water partition coefficient (Wildman–Crippen LogP) is 3.67. The topological polar surface area (TPSA) is 93.0 Å². The normalized spacial score (nSPS) is 15.0. The minimum Gasteiger partial charge on any atom is -0.469 e. The number of carbonyl (C=O) groups excluding carboxylic acids is 3. The van der Waals surface area contributed by atoms with E-state index >= 15 is 0 Å². The van der Waals surface area contributed by atoms with Crippen LogP contribution in [0.25, 0.3) is 5.65 Å². The molecule has 1 fully saturated rings. The van der Waals surface area contributed by atoms with E-state index in [2.05, 4.69) is 29.0 Å². The van der Waals surface area contributed by atoms with Gasteiger partial charge in [-0.15, -0.1) is 0 Å². The molecule has 4 rings (SSSR count). The third kappa shape index (κ3) is 6.15. The molecule has 0 bridgehead atoms. The molecule has 9 heteroatoms. The molecular formula is C28H33FN4O4. The Bertz CT molecular complexity index is 1320. The number of ketones is 1. The van der Waals surface area contributed by atoms with Gasteiger partial charge in [0.2, 0.25) is 0 Å². The Morgan fingerprint density at radius 3 is 2.43 bits per heavy atom. The molecule has 1 N–H and O–H groups in total. The fraction of sp³-hybridized carbons (Fsp3) is 0.429. The van der Waals surface area contributed by atoms with Gasteiger partial charge in [-0.25, -0.2) is 9.37 Å². The van der Waals surface area contributed by atoms with E-state index in [-0.39, 0.29) is 48.1 Å². The molecule has 1 aliphatic heterocycles. The van der Waals surface area contributed by atoms with Gasteiger partial charge >= 0.3 is 5.97 Å². The van der Waals surface area contributed by atoms with Crippen molar-refractivity contribution in [2.24, 2.45) is 5.41 Å². The van der Waals surface area contributed by atoms with Crippen molar-refractivity contribution in [3.05, 3.63) is 64.7 Å². The molecule has 196 valence electrons. The van der Waals surface area contributed by atoms with Crippen molar-refractivity contribution >= 4 is 29.1 Å². The zero-order valence-corrected chi connectivity index (χ0v) is 21.8. The summed E-state index contributed by atoms with van der Waals surface area (Å²) in [5, 5.41) is 2.65. The highest BCUT2D eigenvalue weighted by Crippen LogP contribution is 2.35. The van der Waals surface area contributed by atoms with Gasteiger partial charge in [-0.3, -0.25) is 18.8 Å². The number of aryl methyl sites for hydroxylation is 1. The number of halogens is 1. The molecular weight excluding hydrogens is 475 g/mol. The number of esters is 1. The first-order chi connectivity index (χ1) is 17.6. The quantitative estimate of drug-likeness (QED) is 0.467. The molecule has 3 aromatic rings. The van der Waals surface area contributed by atoms with Crippen molar-refractivity contribution < 1.29 is 23.5 Å². The average Bonchev–Trinajstić information content (AvgIpc) is 3.28. The van der Waals surface area contributed by atoms with Gasteiger partial charge in [0, 0.05) is 31.3 Å². The molecule has 3 heterocycles. The fourth-order valence-electron chi connectivity index (χ4n) is 4.64. The largest absolute Gasteiger partial charge is 0.469 e. The lowest BCUT2D eigenvalue weighted by atomic mass is 9.82. The van der Waals surface area contributed by atoms with Gasteiger partial charge in [-0.1, -0.05) is 26.0 Å². The zero-order valence-electron chi connectivity index (χ0n) is 21.8. The molecule has 1 aromatic carbocycles. The summed E-state index contributed by atoms with van der Waals surface area (Å²) in [7, 11) is 1.37. The number of ether oxygens (including phenoxy) is 1. The summed E-state index contributed by atoms with van der Waals surface area (Å²) in [5.41, 5.74) is 3.43. The molecule has 1 aliphatic rings. The number of imidazole rings is 1. The minimum absolute atomic E-state index is 0.0945. The van der Waals surface area contributed by atoms with Crippen molar-refractivity contribution in [2.45, 2.75) is 46.5 Å². The van der Waals surface area contributed by atoms with Crippen LogP contribution in [0.4, 0.5) is 10.2 Å². The van der Waals surface area contributed by atoms with Crippen LogP contribution in [0.15, 0.2) is 36.5 Å². The molecule has 0 saturated carbocycles. The maximum Gasteiger partial charge on any atom is 0.310 e. The van der Waals surface area contributed by atoms with Crippen LogP contribution in [-0.2, 0) is 27.2 Å².